The van der Waals surface area contributed by atoms with Gasteiger partial charge in [0.05, 0.1) is 109 Å². The van der Waals surface area contributed by atoms with E-state index in [1.54, 1.807) is 0 Å². The Balaban J connectivity index is 0.00000542. The number of fused-ring (bicyclic) bond motifs is 40. The van der Waals surface area contributed by atoms with Gasteiger partial charge in [0.25, 0.3) is 88.9 Å². The van der Waals surface area contributed by atoms with Gasteiger partial charge in [-0.2, -0.15) is 0 Å². The van der Waals surface area contributed by atoms with E-state index in [1.807, 2.05) is 0 Å². The summed E-state index contributed by atoms with van der Waals surface area (Å²) in [5.41, 5.74) is -23.8. The van der Waals surface area contributed by atoms with Crippen molar-refractivity contribution in [3.8, 4) is 45.6 Å². The molecule has 0 aliphatic carbocycles. The molecule has 81 heavy (non-hydrogen) atoms. The van der Waals surface area contributed by atoms with Crippen LogP contribution in [0.1, 0.15) is 0 Å². The molecule has 11 aromatic heterocycles. The monoisotopic (exact) mass is 1120 g/mol. The molecule has 385 valence electrons. The Morgan fingerprint density at radius 2 is 0.321 bits per heavy atom. The second-order valence-electron chi connectivity index (χ2n) is 18.7. The molecule has 0 fully saturated rings. The average Bonchev–Trinajstić information content (AvgIpc) is 4.48. The molecule has 2 aliphatic rings. The van der Waals surface area contributed by atoms with E-state index in [0.717, 1.165) is 0 Å². The molecule has 0 saturated heterocycles. The first-order valence-electron chi connectivity index (χ1n) is 22.8. The van der Waals surface area contributed by atoms with Crippen molar-refractivity contribution in [3.05, 3.63) is 166 Å². The number of H-pyrrole nitrogens is 8. The van der Waals surface area contributed by atoms with Crippen LogP contribution < -0.4 is 98.9 Å². The van der Waals surface area contributed by atoms with Gasteiger partial charge in [0.1, 0.15) is 0 Å². The fraction of sp³-hybridized carbons (Fsp3) is 0. The minimum Gasteiger partial charge on any atom is -0.357 e. The molecule has 0 atom stereocenters. The maximum Gasteiger partial charge on any atom is 2.00 e. The zero-order valence-corrected chi connectivity index (χ0v) is 39.5. The van der Waals surface area contributed by atoms with Crippen molar-refractivity contribution < 1.29 is 16.8 Å². The van der Waals surface area contributed by atoms with Crippen LogP contribution in [-0.4, -0.2) is 69.8 Å². The summed E-state index contributed by atoms with van der Waals surface area (Å²) in [5.74, 6) is -2.91. The molecule has 15 aromatic rings. The van der Waals surface area contributed by atoms with E-state index in [-0.39, 0.29) is 16.8 Å². The van der Waals surface area contributed by atoms with Gasteiger partial charge in [-0.1, -0.05) is 0 Å². The third kappa shape index (κ3) is 4.95. The van der Waals surface area contributed by atoms with Crippen LogP contribution >= 0.6 is 0 Å². The Morgan fingerprint density at radius 3 is 0.494 bits per heavy atom. The van der Waals surface area contributed by atoms with Gasteiger partial charge in [-0.05, 0) is 0 Å². The Hall–Kier alpha value is -12.1. The SMILES string of the molecule is O=c1[nH]c(=O)c2c1c1c(c3c(=O)[nH]c(=O)c32)-c2nc-1nc1[n-]c(nc3nc(nc4[n-]c(n2)c2c5c(=O)[nH]c(=O)c5c5c(=O)[nH]c(=O)c5c42)-c2c-3c3c(=O)[nH]c(=O)c3c3c(=O)[nH]c(=O)c23)c2c3c(=O)[nH]c(=O)c3c3c(=O)[nH]c(=O)c3c12.[Co+2]. The number of benzene rings is 4. The van der Waals surface area contributed by atoms with Crippen LogP contribution in [0.25, 0.3) is 176 Å². The Morgan fingerprint density at radius 1 is 0.185 bits per heavy atom. The molecule has 0 spiro atoms. The number of hydrogen-bond acceptors (Lipinski definition) is 22. The molecule has 8 bridgehead atoms. The zero-order chi connectivity index (χ0) is 55.0. The summed E-state index contributed by atoms with van der Waals surface area (Å²) in [5, 5.41) is -12.3. The van der Waals surface area contributed by atoms with Crippen molar-refractivity contribution in [3.63, 3.8) is 0 Å². The first-order chi connectivity index (χ1) is 38.3. The second kappa shape index (κ2) is 13.9. The van der Waals surface area contributed by atoms with E-state index in [9.17, 15) is 76.7 Å². The van der Waals surface area contributed by atoms with E-state index in [2.05, 4.69) is 79.7 Å². The number of hydrogen-bond donors (Lipinski definition) is 8. The number of nitrogens with one attached hydrogen (secondary N) is 8. The largest absolute Gasteiger partial charge is 2.00 e. The van der Waals surface area contributed by atoms with Gasteiger partial charge in [-0.15, -0.1) is 0 Å². The first-order valence-corrected chi connectivity index (χ1v) is 22.8. The fourth-order valence-corrected chi connectivity index (χ4v) is 12.1. The van der Waals surface area contributed by atoms with Crippen molar-refractivity contribution in [1.82, 2.24) is 79.7 Å². The summed E-state index contributed by atoms with van der Waals surface area (Å²) >= 11 is 0. The Labute approximate surface area is 436 Å². The maximum absolute atomic E-state index is 14.0. The fourth-order valence-electron chi connectivity index (χ4n) is 12.1. The van der Waals surface area contributed by atoms with Crippen LogP contribution in [0.2, 0.25) is 0 Å². The first kappa shape index (κ1) is 45.1. The van der Waals surface area contributed by atoms with Gasteiger partial charge in [-0.3, -0.25) is 117 Å². The second-order valence-corrected chi connectivity index (χ2v) is 18.7. The molecule has 33 heteroatoms. The molecular weight excluding hydrogens is 1120 g/mol. The van der Waals surface area contributed by atoms with Crippen LogP contribution in [0, 0.1) is 0 Å². The summed E-state index contributed by atoms with van der Waals surface area (Å²) in [6, 6.07) is 0. The third-order valence-electron chi connectivity index (χ3n) is 14.9. The molecule has 0 amide bonds. The minimum atomic E-state index is -1.18. The predicted molar refractivity (Wildman–Crippen MR) is 279 cm³/mol. The number of aromatic nitrogens is 16. The molecule has 4 aromatic carbocycles. The number of aromatic amines is 8. The summed E-state index contributed by atoms with van der Waals surface area (Å²) in [4.78, 5) is 275. The topological polar surface area (TPSA) is 505 Å². The van der Waals surface area contributed by atoms with Crippen molar-refractivity contribution >= 4 is 130 Å². The van der Waals surface area contributed by atoms with Gasteiger partial charge < -0.3 is 29.9 Å². The molecule has 0 unspecified atom stereocenters. The summed E-state index contributed by atoms with van der Waals surface area (Å²) < 4.78 is 0. The third-order valence-corrected chi connectivity index (χ3v) is 14.9. The molecule has 17 rings (SSSR count). The normalized spacial score (nSPS) is 12.6. The van der Waals surface area contributed by atoms with Crippen LogP contribution in [0.3, 0.4) is 0 Å². The van der Waals surface area contributed by atoms with Crippen LogP contribution in [-0.2, 0) is 16.8 Å². The molecular formula is C48H8CoN16O16. The number of nitrogens with zero attached hydrogens (tertiary/aromatic N) is 8. The van der Waals surface area contributed by atoms with Gasteiger partial charge in [0.2, 0.25) is 0 Å². The van der Waals surface area contributed by atoms with Gasteiger partial charge in [0.15, 0.2) is 0 Å². The molecule has 13 heterocycles. The van der Waals surface area contributed by atoms with Crippen LogP contribution in [0.5, 0.6) is 0 Å². The van der Waals surface area contributed by atoms with Crippen molar-refractivity contribution in [2.24, 2.45) is 0 Å². The quantitative estimate of drug-likeness (QED) is 0.0707. The molecule has 8 N–H and O–H groups in total. The Kier molecular flexibility index (Phi) is 7.73. The van der Waals surface area contributed by atoms with E-state index in [0.29, 0.717) is 0 Å². The summed E-state index contributed by atoms with van der Waals surface area (Å²) in [6.45, 7) is 0. The minimum absolute atomic E-state index is 0. The molecule has 32 nitrogen and oxygen atoms in total. The smallest absolute Gasteiger partial charge is 0.357 e. The van der Waals surface area contributed by atoms with Gasteiger partial charge in [-0.25, -0.2) is 9.97 Å². The van der Waals surface area contributed by atoms with E-state index >= 15 is 0 Å². The summed E-state index contributed by atoms with van der Waals surface area (Å²) in [6.07, 6.45) is 0. The van der Waals surface area contributed by atoms with Crippen LogP contribution in [0.15, 0.2) is 76.7 Å². The van der Waals surface area contributed by atoms with Crippen molar-refractivity contribution in [2.45, 2.75) is 0 Å². The predicted octanol–water partition coefficient (Wildman–Crippen LogP) is -4.76. The zero-order valence-electron chi connectivity index (χ0n) is 38.4. The van der Waals surface area contributed by atoms with E-state index in [1.165, 1.54) is 0 Å². The molecule has 2 aliphatic heterocycles. The summed E-state index contributed by atoms with van der Waals surface area (Å²) in [7, 11) is 0. The molecule has 1 radical (unpaired) electrons. The van der Waals surface area contributed by atoms with E-state index < -0.39 is 265 Å². The van der Waals surface area contributed by atoms with Crippen molar-refractivity contribution in [1.29, 1.82) is 0 Å². The average molecular weight is 1120 g/mol. The van der Waals surface area contributed by atoms with Gasteiger partial charge in [0, 0.05) is 66.4 Å². The molecule has 0 saturated carbocycles. The van der Waals surface area contributed by atoms with Crippen molar-refractivity contribution in [2.75, 3.05) is 0 Å². The van der Waals surface area contributed by atoms with Gasteiger partial charge >= 0.3 is 16.8 Å². The number of rotatable bonds is 0. The van der Waals surface area contributed by atoms with E-state index in [4.69, 9.17) is 0 Å². The standard InChI is InChI=1S/C48H10N16O16.Co/c65-33-9-1-2(10-18(17(9)41(73)57-33)42(74)58-34(10)66)26-49-25(1)53-27-3-4(12-20(44(76)60-36(12)68)19-11(3)35(67)59-43(19)75)29(50-27)55-31-7-8(16-24(48(80)64-40(16)72)23-15(7)39(71)63-47(23)79)32(52-31)56-30-6-5(28(51-30)54-26)13-21(45(77)61-37(13)69)22-14(6)38(70)62-46(22)78;/h(H10,49,50,51,52,53,54,55,56,57,58,59,60,61,62,63,64,65,66,67,68,69,70,71,72,73,74,75,76,77,78,79,80);/q;+2/p-2. The van der Waals surface area contributed by atoms with Crippen LogP contribution in [0.4, 0.5) is 0 Å². The maximum atomic E-state index is 14.0. The Bertz CT molecular complexity index is 6120.